The molecule has 0 atom stereocenters. The topological polar surface area (TPSA) is 75.3 Å². The van der Waals surface area contributed by atoms with Crippen molar-refractivity contribution in [1.29, 1.82) is 0 Å². The van der Waals surface area contributed by atoms with Crippen LogP contribution in [0.4, 0.5) is 10.1 Å². The van der Waals surface area contributed by atoms with Crippen LogP contribution in [0.2, 0.25) is 0 Å². The first-order chi connectivity index (χ1) is 13.3. The summed E-state index contributed by atoms with van der Waals surface area (Å²) in [6.45, 7) is 8.42. The maximum Gasteiger partial charge on any atom is 0.244 e. The molecule has 0 spiro atoms. The molecule has 0 saturated heterocycles. The molecule has 29 heavy (non-hydrogen) atoms. The van der Waals surface area contributed by atoms with Gasteiger partial charge in [0.1, 0.15) is 5.82 Å². The van der Waals surface area contributed by atoms with Crippen LogP contribution >= 0.6 is 0 Å². The van der Waals surface area contributed by atoms with Crippen LogP contribution in [-0.2, 0) is 26.8 Å². The predicted octanol–water partition coefficient (Wildman–Crippen LogP) is 4.21. The van der Waals surface area contributed by atoms with E-state index in [0.29, 0.717) is 5.56 Å². The molecule has 0 aromatic heterocycles. The monoisotopic (exact) mass is 418 g/mol. The third kappa shape index (κ3) is 7.02. The lowest BCUT2D eigenvalue weighted by molar-refractivity contribution is -0.116. The van der Waals surface area contributed by atoms with Gasteiger partial charge in [-0.2, -0.15) is 0 Å². The van der Waals surface area contributed by atoms with E-state index in [1.165, 1.54) is 23.8 Å². The van der Waals surface area contributed by atoms with E-state index in [-0.39, 0.29) is 23.6 Å². The lowest BCUT2D eigenvalue weighted by atomic mass is 9.86. The molecular weight excluding hydrogens is 391 g/mol. The SMILES string of the molecule is C/C(=C\C(=O)NCc1ccc(NS(C)(=O)=O)c(F)c1)c1ccc(C(C)(C)C)cc1. The minimum atomic E-state index is -3.56. The first-order valence-electron chi connectivity index (χ1n) is 9.18. The third-order valence-corrected chi connectivity index (χ3v) is 4.94. The number of rotatable bonds is 6. The summed E-state index contributed by atoms with van der Waals surface area (Å²) in [7, 11) is -3.56. The molecule has 0 saturated carbocycles. The number of nitrogens with one attached hydrogen (secondary N) is 2. The van der Waals surface area contributed by atoms with E-state index in [1.807, 2.05) is 19.1 Å². The van der Waals surface area contributed by atoms with Crippen molar-refractivity contribution in [2.45, 2.75) is 39.7 Å². The number of sulfonamides is 1. The Hall–Kier alpha value is -2.67. The summed E-state index contributed by atoms with van der Waals surface area (Å²) in [5.74, 6) is -0.992. The van der Waals surface area contributed by atoms with Crippen molar-refractivity contribution in [3.63, 3.8) is 0 Å². The Bertz CT molecular complexity index is 1020. The van der Waals surface area contributed by atoms with Gasteiger partial charge in [0.15, 0.2) is 0 Å². The number of allylic oxidation sites excluding steroid dienone is 1. The minimum Gasteiger partial charge on any atom is -0.348 e. The fourth-order valence-electron chi connectivity index (χ4n) is 2.70. The normalized spacial score (nSPS) is 12.6. The summed E-state index contributed by atoms with van der Waals surface area (Å²) < 4.78 is 38.5. The van der Waals surface area contributed by atoms with Crippen LogP contribution in [0.1, 0.15) is 44.4 Å². The van der Waals surface area contributed by atoms with Gasteiger partial charge in [-0.1, -0.05) is 51.1 Å². The quantitative estimate of drug-likeness (QED) is 0.690. The highest BCUT2D eigenvalue weighted by Crippen LogP contribution is 2.24. The molecule has 0 fully saturated rings. The number of hydrogen-bond acceptors (Lipinski definition) is 3. The van der Waals surface area contributed by atoms with Gasteiger partial charge < -0.3 is 5.32 Å². The van der Waals surface area contributed by atoms with Crippen molar-refractivity contribution in [3.05, 3.63) is 71.0 Å². The zero-order valence-corrected chi connectivity index (χ0v) is 18.2. The van der Waals surface area contributed by atoms with Crippen LogP contribution in [-0.4, -0.2) is 20.6 Å². The second kappa shape index (κ2) is 8.78. The van der Waals surface area contributed by atoms with E-state index in [4.69, 9.17) is 0 Å². The molecule has 5 nitrogen and oxygen atoms in total. The van der Waals surface area contributed by atoms with Gasteiger partial charge in [0.05, 0.1) is 11.9 Å². The molecule has 0 unspecified atom stereocenters. The van der Waals surface area contributed by atoms with Crippen molar-refractivity contribution in [2.75, 3.05) is 11.0 Å². The largest absolute Gasteiger partial charge is 0.348 e. The van der Waals surface area contributed by atoms with Gasteiger partial charge in [-0.15, -0.1) is 0 Å². The molecule has 0 heterocycles. The number of halogens is 1. The first-order valence-corrected chi connectivity index (χ1v) is 11.1. The Morgan fingerprint density at radius 2 is 1.72 bits per heavy atom. The van der Waals surface area contributed by atoms with Crippen LogP contribution < -0.4 is 10.0 Å². The van der Waals surface area contributed by atoms with Crippen molar-refractivity contribution in [3.8, 4) is 0 Å². The summed E-state index contributed by atoms with van der Waals surface area (Å²) in [5, 5.41) is 2.71. The highest BCUT2D eigenvalue weighted by Gasteiger charge is 2.13. The first kappa shape index (κ1) is 22.6. The molecule has 0 radical (unpaired) electrons. The van der Waals surface area contributed by atoms with E-state index in [9.17, 15) is 17.6 Å². The minimum absolute atomic E-state index is 0.0647. The zero-order valence-electron chi connectivity index (χ0n) is 17.3. The fourth-order valence-corrected chi connectivity index (χ4v) is 3.27. The molecule has 0 aliphatic carbocycles. The van der Waals surface area contributed by atoms with Crippen LogP contribution in [0.3, 0.4) is 0 Å². The number of carbonyl (C=O) groups excluding carboxylic acids is 1. The molecule has 156 valence electrons. The van der Waals surface area contributed by atoms with Gasteiger partial charge in [0, 0.05) is 12.6 Å². The highest BCUT2D eigenvalue weighted by atomic mass is 32.2. The summed E-state index contributed by atoms with van der Waals surface area (Å²) in [5.41, 5.74) is 3.45. The zero-order chi connectivity index (χ0) is 21.8. The van der Waals surface area contributed by atoms with Gasteiger partial charge in [0.25, 0.3) is 0 Å². The van der Waals surface area contributed by atoms with Gasteiger partial charge in [-0.25, -0.2) is 12.8 Å². The predicted molar refractivity (Wildman–Crippen MR) is 116 cm³/mol. The Kier molecular flexibility index (Phi) is 6.85. The van der Waals surface area contributed by atoms with Gasteiger partial charge in [-0.05, 0) is 46.7 Å². The van der Waals surface area contributed by atoms with Crippen molar-refractivity contribution in [2.24, 2.45) is 0 Å². The summed E-state index contributed by atoms with van der Waals surface area (Å²) in [6.07, 6.45) is 2.45. The smallest absolute Gasteiger partial charge is 0.244 e. The summed E-state index contributed by atoms with van der Waals surface area (Å²) in [4.78, 5) is 12.2. The highest BCUT2D eigenvalue weighted by molar-refractivity contribution is 7.92. The number of anilines is 1. The molecule has 2 N–H and O–H groups in total. The molecule has 7 heteroatoms. The van der Waals surface area contributed by atoms with Crippen LogP contribution in [0.15, 0.2) is 48.5 Å². The van der Waals surface area contributed by atoms with Gasteiger partial charge in [0.2, 0.25) is 15.9 Å². The maximum absolute atomic E-state index is 14.0. The molecule has 1 amide bonds. The number of carbonyl (C=O) groups is 1. The van der Waals surface area contributed by atoms with Crippen molar-refractivity contribution in [1.82, 2.24) is 5.32 Å². The van der Waals surface area contributed by atoms with Crippen LogP contribution in [0.5, 0.6) is 0 Å². The molecule has 2 rings (SSSR count). The molecule has 2 aromatic rings. The average Bonchev–Trinajstić information content (AvgIpc) is 2.60. The molecule has 0 bridgehead atoms. The van der Waals surface area contributed by atoms with E-state index in [0.717, 1.165) is 17.4 Å². The molecule has 0 aliphatic heterocycles. The maximum atomic E-state index is 14.0. The molecular formula is C22H27FN2O3S. The summed E-state index contributed by atoms with van der Waals surface area (Å²) >= 11 is 0. The second-order valence-corrected chi connectivity index (χ2v) is 9.81. The average molecular weight is 419 g/mol. The van der Waals surface area contributed by atoms with Gasteiger partial charge >= 0.3 is 0 Å². The third-order valence-electron chi connectivity index (χ3n) is 4.35. The summed E-state index contributed by atoms with van der Waals surface area (Å²) in [6, 6.07) is 12.2. The Labute approximate surface area is 172 Å². The van der Waals surface area contributed by atoms with E-state index >= 15 is 0 Å². The fraction of sp³-hybridized carbons (Fsp3) is 0.318. The Morgan fingerprint density at radius 1 is 1.10 bits per heavy atom. The number of amides is 1. The number of hydrogen-bond donors (Lipinski definition) is 2. The standard InChI is InChI=1S/C22H27FN2O3S/c1-15(17-7-9-18(10-8-17)22(2,3)4)12-21(26)24-14-16-6-11-20(19(23)13-16)25-29(5,27)28/h6-13,25H,14H2,1-5H3,(H,24,26)/b15-12+. The Balaban J connectivity index is 2.01. The van der Waals surface area contributed by atoms with E-state index in [1.54, 1.807) is 6.07 Å². The lowest BCUT2D eigenvalue weighted by Gasteiger charge is -2.19. The van der Waals surface area contributed by atoms with Gasteiger partial charge in [-0.3, -0.25) is 9.52 Å². The van der Waals surface area contributed by atoms with Crippen LogP contribution in [0, 0.1) is 5.82 Å². The second-order valence-electron chi connectivity index (χ2n) is 8.06. The number of benzene rings is 2. The van der Waals surface area contributed by atoms with E-state index in [2.05, 4.69) is 42.9 Å². The van der Waals surface area contributed by atoms with Crippen molar-refractivity contribution < 1.29 is 17.6 Å². The van der Waals surface area contributed by atoms with Crippen LogP contribution in [0.25, 0.3) is 5.57 Å². The lowest BCUT2D eigenvalue weighted by Crippen LogP contribution is -2.21. The molecule has 0 aliphatic rings. The molecule has 2 aromatic carbocycles. The van der Waals surface area contributed by atoms with Crippen molar-refractivity contribution >= 4 is 27.2 Å². The Morgan fingerprint density at radius 3 is 2.24 bits per heavy atom. The van der Waals surface area contributed by atoms with E-state index < -0.39 is 15.8 Å².